The highest BCUT2D eigenvalue weighted by atomic mass is 32.2. The summed E-state index contributed by atoms with van der Waals surface area (Å²) in [6.45, 7) is 0. The zero-order chi connectivity index (χ0) is 11.5. The van der Waals surface area contributed by atoms with Crippen molar-refractivity contribution in [2.45, 2.75) is 5.37 Å². The summed E-state index contributed by atoms with van der Waals surface area (Å²) in [4.78, 5) is 22.2. The predicted molar refractivity (Wildman–Crippen MR) is 61.5 cm³/mol. The van der Waals surface area contributed by atoms with Crippen molar-refractivity contribution in [1.82, 2.24) is 5.32 Å². The number of rotatable bonds is 3. The number of benzene rings is 1. The van der Waals surface area contributed by atoms with Gasteiger partial charge < -0.3 is 10.1 Å². The van der Waals surface area contributed by atoms with Gasteiger partial charge in [0, 0.05) is 5.69 Å². The highest BCUT2D eigenvalue weighted by Gasteiger charge is 2.31. The first-order chi connectivity index (χ1) is 7.69. The number of hydrogen-bond acceptors (Lipinski definition) is 5. The minimum absolute atomic E-state index is 0.314. The molecule has 1 atom stereocenters. The molecule has 0 aliphatic carbocycles. The first kappa shape index (κ1) is 10.8. The van der Waals surface area contributed by atoms with Gasteiger partial charge in [-0.1, -0.05) is 0 Å². The van der Waals surface area contributed by atoms with Crippen LogP contribution in [0, 0.1) is 0 Å². The second kappa shape index (κ2) is 4.44. The van der Waals surface area contributed by atoms with Gasteiger partial charge in [0.2, 0.25) is 0 Å². The number of hydrogen-bond donors (Lipinski definition) is 2. The van der Waals surface area contributed by atoms with Crippen LogP contribution in [0.1, 0.15) is 0 Å². The van der Waals surface area contributed by atoms with Crippen molar-refractivity contribution in [2.24, 2.45) is 0 Å². The fourth-order valence-electron chi connectivity index (χ4n) is 1.29. The fraction of sp³-hybridized carbons (Fsp3) is 0.200. The van der Waals surface area contributed by atoms with Gasteiger partial charge in [-0.2, -0.15) is 0 Å². The molecule has 0 aromatic heterocycles. The Kier molecular flexibility index (Phi) is 3.00. The van der Waals surface area contributed by atoms with E-state index in [9.17, 15) is 9.59 Å². The van der Waals surface area contributed by atoms with Crippen LogP contribution in [-0.2, 0) is 4.79 Å². The lowest BCUT2D eigenvalue weighted by Crippen LogP contribution is -2.29. The Hall–Kier alpha value is -1.69. The summed E-state index contributed by atoms with van der Waals surface area (Å²) in [5, 5.41) is 4.28. The van der Waals surface area contributed by atoms with E-state index in [1.165, 1.54) is 0 Å². The van der Waals surface area contributed by atoms with E-state index in [-0.39, 0.29) is 11.1 Å². The van der Waals surface area contributed by atoms with Crippen LogP contribution in [0.3, 0.4) is 0 Å². The molecule has 0 saturated carbocycles. The molecule has 1 heterocycles. The zero-order valence-electron chi connectivity index (χ0n) is 8.52. The van der Waals surface area contributed by atoms with Crippen molar-refractivity contribution in [3.63, 3.8) is 0 Å². The molecule has 1 aromatic carbocycles. The number of ether oxygens (including phenoxy) is 1. The van der Waals surface area contributed by atoms with Crippen LogP contribution in [0.25, 0.3) is 0 Å². The minimum Gasteiger partial charge on any atom is -0.497 e. The van der Waals surface area contributed by atoms with Gasteiger partial charge in [-0.25, -0.2) is 0 Å². The van der Waals surface area contributed by atoms with E-state index in [1.54, 1.807) is 31.4 Å². The topological polar surface area (TPSA) is 67.4 Å². The molecular weight excluding hydrogens is 228 g/mol. The van der Waals surface area contributed by atoms with Gasteiger partial charge in [-0.3, -0.25) is 14.9 Å². The molecule has 6 heteroatoms. The van der Waals surface area contributed by atoms with Gasteiger partial charge in [0.1, 0.15) is 5.75 Å². The van der Waals surface area contributed by atoms with E-state index in [0.29, 0.717) is 0 Å². The van der Waals surface area contributed by atoms with Crippen molar-refractivity contribution in [1.29, 1.82) is 0 Å². The molecule has 1 aliphatic heterocycles. The van der Waals surface area contributed by atoms with Crippen LogP contribution in [0.5, 0.6) is 5.75 Å². The van der Waals surface area contributed by atoms with Gasteiger partial charge >= 0.3 is 0 Å². The number of carbonyl (C=O) groups excluding carboxylic acids is 2. The van der Waals surface area contributed by atoms with Gasteiger partial charge in [-0.15, -0.1) is 0 Å². The maximum atomic E-state index is 11.3. The zero-order valence-corrected chi connectivity index (χ0v) is 9.34. The molecule has 0 unspecified atom stereocenters. The molecule has 5 nitrogen and oxygen atoms in total. The number of thioether (sulfide) groups is 1. The van der Waals surface area contributed by atoms with Crippen molar-refractivity contribution in [2.75, 3.05) is 12.4 Å². The maximum Gasteiger partial charge on any atom is 0.288 e. The summed E-state index contributed by atoms with van der Waals surface area (Å²) < 4.78 is 5.01. The van der Waals surface area contributed by atoms with E-state index in [2.05, 4.69) is 10.6 Å². The summed E-state index contributed by atoms with van der Waals surface area (Å²) >= 11 is 0.937. The Morgan fingerprint density at radius 3 is 2.50 bits per heavy atom. The van der Waals surface area contributed by atoms with Crippen LogP contribution in [-0.4, -0.2) is 23.6 Å². The third-order valence-electron chi connectivity index (χ3n) is 2.08. The molecule has 2 N–H and O–H groups in total. The molecule has 2 amide bonds. The second-order valence-corrected chi connectivity index (χ2v) is 4.23. The molecule has 1 aromatic rings. The number of imide groups is 1. The molecule has 1 saturated heterocycles. The van der Waals surface area contributed by atoms with Gasteiger partial charge in [0.25, 0.3) is 11.1 Å². The lowest BCUT2D eigenvalue weighted by Gasteiger charge is -2.10. The van der Waals surface area contributed by atoms with E-state index in [1.807, 2.05) is 0 Å². The Morgan fingerprint density at radius 2 is 2.00 bits per heavy atom. The second-order valence-electron chi connectivity index (χ2n) is 3.15. The summed E-state index contributed by atoms with van der Waals surface area (Å²) in [6.07, 6.45) is 0. The van der Waals surface area contributed by atoms with E-state index < -0.39 is 5.37 Å². The molecule has 1 aliphatic rings. The Balaban J connectivity index is 2.03. The average molecular weight is 238 g/mol. The van der Waals surface area contributed by atoms with Crippen LogP contribution in [0.15, 0.2) is 24.3 Å². The molecule has 1 fully saturated rings. The van der Waals surface area contributed by atoms with Crippen molar-refractivity contribution in [3.05, 3.63) is 24.3 Å². The largest absolute Gasteiger partial charge is 0.497 e. The summed E-state index contributed by atoms with van der Waals surface area (Å²) in [5.41, 5.74) is 0.767. The van der Waals surface area contributed by atoms with E-state index >= 15 is 0 Å². The van der Waals surface area contributed by atoms with Crippen LogP contribution in [0.4, 0.5) is 10.5 Å². The number of nitrogens with one attached hydrogen (secondary N) is 2. The van der Waals surface area contributed by atoms with Crippen LogP contribution in [0.2, 0.25) is 0 Å². The Morgan fingerprint density at radius 1 is 1.31 bits per heavy atom. The molecule has 2 rings (SSSR count). The maximum absolute atomic E-state index is 11.3. The van der Waals surface area contributed by atoms with E-state index in [4.69, 9.17) is 4.74 Å². The summed E-state index contributed by atoms with van der Waals surface area (Å²) in [7, 11) is 1.58. The van der Waals surface area contributed by atoms with Crippen LogP contribution < -0.4 is 15.4 Å². The minimum atomic E-state index is -0.555. The predicted octanol–water partition coefficient (Wildman–Crippen LogP) is 1.42. The smallest absolute Gasteiger partial charge is 0.288 e. The van der Waals surface area contributed by atoms with Crippen molar-refractivity contribution in [3.8, 4) is 5.75 Å². The summed E-state index contributed by atoms with van der Waals surface area (Å²) in [6, 6.07) is 7.13. The fourth-order valence-corrected chi connectivity index (χ4v) is 2.02. The molecule has 84 valence electrons. The summed E-state index contributed by atoms with van der Waals surface area (Å²) in [5.74, 6) is 0.427. The lowest BCUT2D eigenvalue weighted by molar-refractivity contribution is -0.118. The average Bonchev–Trinajstić information content (AvgIpc) is 2.59. The quantitative estimate of drug-likeness (QED) is 0.833. The van der Waals surface area contributed by atoms with Crippen molar-refractivity contribution >= 4 is 28.6 Å². The number of methoxy groups -OCH3 is 1. The monoisotopic (exact) mass is 238 g/mol. The molecule has 16 heavy (non-hydrogen) atoms. The van der Waals surface area contributed by atoms with Crippen molar-refractivity contribution < 1.29 is 14.3 Å². The first-order valence-corrected chi connectivity index (χ1v) is 5.49. The first-order valence-electron chi connectivity index (χ1n) is 4.61. The normalized spacial score (nSPS) is 19.4. The Bertz CT molecular complexity index is 419. The number of carbonyl (C=O) groups is 2. The van der Waals surface area contributed by atoms with Gasteiger partial charge in [-0.05, 0) is 36.0 Å². The number of anilines is 1. The molecule has 0 radical (unpaired) electrons. The third-order valence-corrected chi connectivity index (χ3v) is 2.96. The Labute approximate surface area is 96.5 Å². The number of amides is 2. The lowest BCUT2D eigenvalue weighted by atomic mass is 10.3. The highest BCUT2D eigenvalue weighted by Crippen LogP contribution is 2.22. The van der Waals surface area contributed by atoms with Gasteiger partial charge in [0.15, 0.2) is 5.37 Å². The standard InChI is InChI=1S/C10H10N2O3S/c1-15-7-4-2-6(3-5-7)11-9-8(13)12-10(14)16-9/h2-5,9,11H,1H3,(H,12,13,14)/t9-/m1/s1. The van der Waals surface area contributed by atoms with Gasteiger partial charge in [0.05, 0.1) is 7.11 Å². The SMILES string of the molecule is COc1ccc(N[C@@H]2SC(=O)NC2=O)cc1. The molecule has 0 bridgehead atoms. The third kappa shape index (κ3) is 2.27. The highest BCUT2D eigenvalue weighted by molar-refractivity contribution is 8.15. The van der Waals surface area contributed by atoms with E-state index in [0.717, 1.165) is 23.2 Å². The van der Waals surface area contributed by atoms with Crippen LogP contribution >= 0.6 is 11.8 Å². The molecule has 0 spiro atoms. The molecular formula is C10H10N2O3S.